The fraction of sp³-hybridized carbons (Fsp3) is 0.462. The van der Waals surface area contributed by atoms with E-state index in [1.54, 1.807) is 23.9 Å². The molecule has 3 aliphatic rings. The van der Waals surface area contributed by atoms with Crippen LogP contribution in [0.2, 0.25) is 0 Å². The van der Waals surface area contributed by atoms with E-state index in [0.717, 1.165) is 56.1 Å². The molecule has 2 N–H and O–H groups in total. The SMILES string of the molecule is Cn1c(-c2ccccc2C(F)(F)F)nnc1C12CCC(CNC(=O)NCc3ccccn3)(CC1)CC2. The topological polar surface area (TPSA) is 84.7 Å². The number of carbonyl (C=O) groups is 1. The molecule has 0 unspecified atom stereocenters. The Hall–Kier alpha value is -3.43. The highest BCUT2D eigenvalue weighted by Gasteiger charge is 2.51. The second-order valence-electron chi connectivity index (χ2n) is 10.1. The van der Waals surface area contributed by atoms with Gasteiger partial charge in [-0.25, -0.2) is 4.79 Å². The Morgan fingerprint density at radius 3 is 2.33 bits per heavy atom. The van der Waals surface area contributed by atoms with Gasteiger partial charge in [0.05, 0.1) is 17.8 Å². The lowest BCUT2D eigenvalue weighted by molar-refractivity contribution is -0.137. The fourth-order valence-corrected chi connectivity index (χ4v) is 5.82. The summed E-state index contributed by atoms with van der Waals surface area (Å²) in [5.74, 6) is 0.991. The summed E-state index contributed by atoms with van der Waals surface area (Å²) in [6.07, 6.45) is 2.62. The van der Waals surface area contributed by atoms with E-state index in [2.05, 4.69) is 25.8 Å². The molecule has 3 aliphatic carbocycles. The smallest absolute Gasteiger partial charge is 0.338 e. The fourth-order valence-electron chi connectivity index (χ4n) is 5.82. The van der Waals surface area contributed by atoms with Crippen molar-refractivity contribution in [2.24, 2.45) is 12.5 Å². The van der Waals surface area contributed by atoms with Crippen molar-refractivity contribution in [2.75, 3.05) is 6.54 Å². The van der Waals surface area contributed by atoms with Crippen LogP contribution < -0.4 is 10.6 Å². The summed E-state index contributed by atoms with van der Waals surface area (Å²) in [5, 5.41) is 14.5. The molecule has 0 radical (unpaired) electrons. The number of urea groups is 1. The number of hydrogen-bond acceptors (Lipinski definition) is 4. The van der Waals surface area contributed by atoms with Crippen LogP contribution in [0.5, 0.6) is 0 Å². The predicted molar refractivity (Wildman–Crippen MR) is 128 cm³/mol. The molecule has 3 aromatic rings. The molecule has 2 heterocycles. The lowest BCUT2D eigenvalue weighted by Gasteiger charge is -2.52. The first-order valence-corrected chi connectivity index (χ1v) is 12.2. The molecular weight excluding hydrogens is 469 g/mol. The maximum absolute atomic E-state index is 13.6. The first-order valence-electron chi connectivity index (χ1n) is 12.2. The number of hydrogen-bond donors (Lipinski definition) is 2. The first-order chi connectivity index (χ1) is 17.2. The van der Waals surface area contributed by atoms with Gasteiger partial charge in [-0.3, -0.25) is 4.98 Å². The average molecular weight is 499 g/mol. The van der Waals surface area contributed by atoms with Crippen molar-refractivity contribution in [1.82, 2.24) is 30.4 Å². The van der Waals surface area contributed by atoms with E-state index in [4.69, 9.17) is 0 Å². The molecule has 3 fully saturated rings. The highest BCUT2D eigenvalue weighted by molar-refractivity contribution is 5.73. The Bertz CT molecular complexity index is 1220. The lowest BCUT2D eigenvalue weighted by Crippen LogP contribution is -2.51. The van der Waals surface area contributed by atoms with E-state index < -0.39 is 11.7 Å². The Morgan fingerprint density at radius 2 is 1.67 bits per heavy atom. The summed E-state index contributed by atoms with van der Waals surface area (Å²) in [6, 6.07) is 10.9. The summed E-state index contributed by atoms with van der Waals surface area (Å²) in [4.78, 5) is 16.5. The second kappa shape index (κ2) is 9.22. The lowest BCUT2D eigenvalue weighted by atomic mass is 9.53. The Morgan fingerprint density at radius 1 is 0.972 bits per heavy atom. The van der Waals surface area contributed by atoms with Gasteiger partial charge in [-0.05, 0) is 62.1 Å². The number of alkyl halides is 3. The standard InChI is InChI=1S/C26H29F3N6O/c1-35-21(19-7-2-3-8-20(19)26(27,28)29)33-34-22(35)25-12-9-24(10-13-25,11-14-25)17-32-23(36)31-16-18-6-4-5-15-30-18/h2-8,15H,9-14,16-17H2,1H3,(H2,31,32,36). The molecule has 36 heavy (non-hydrogen) atoms. The average Bonchev–Trinajstić information content (AvgIpc) is 3.29. The Kier molecular flexibility index (Phi) is 6.22. The third-order valence-electron chi connectivity index (χ3n) is 8.00. The minimum absolute atomic E-state index is 0.0361. The summed E-state index contributed by atoms with van der Waals surface area (Å²) in [7, 11) is 1.76. The molecular formula is C26H29F3N6O. The number of amides is 2. The van der Waals surface area contributed by atoms with Crippen molar-refractivity contribution in [3.8, 4) is 11.4 Å². The largest absolute Gasteiger partial charge is 0.417 e. The van der Waals surface area contributed by atoms with Crippen LogP contribution in [0.25, 0.3) is 11.4 Å². The van der Waals surface area contributed by atoms with Gasteiger partial charge in [-0.2, -0.15) is 13.2 Å². The van der Waals surface area contributed by atoms with Crippen molar-refractivity contribution in [2.45, 2.75) is 56.7 Å². The van der Waals surface area contributed by atoms with E-state index in [9.17, 15) is 18.0 Å². The molecule has 7 nitrogen and oxygen atoms in total. The van der Waals surface area contributed by atoms with Crippen LogP contribution in [0.15, 0.2) is 48.7 Å². The monoisotopic (exact) mass is 498 g/mol. The molecule has 0 spiro atoms. The number of aromatic nitrogens is 4. The molecule has 3 saturated carbocycles. The Balaban J connectivity index is 1.24. The summed E-state index contributed by atoms with van der Waals surface area (Å²) in [6.45, 7) is 0.967. The molecule has 10 heteroatoms. The summed E-state index contributed by atoms with van der Waals surface area (Å²) >= 11 is 0. The van der Waals surface area contributed by atoms with Crippen molar-refractivity contribution in [3.63, 3.8) is 0 Å². The highest BCUT2D eigenvalue weighted by atomic mass is 19.4. The van der Waals surface area contributed by atoms with E-state index >= 15 is 0 Å². The molecule has 190 valence electrons. The normalized spacial score (nSPS) is 23.4. The van der Waals surface area contributed by atoms with Crippen molar-refractivity contribution < 1.29 is 18.0 Å². The minimum atomic E-state index is -4.47. The van der Waals surface area contributed by atoms with Gasteiger partial charge in [0.15, 0.2) is 5.82 Å². The van der Waals surface area contributed by atoms with E-state index in [0.29, 0.717) is 13.1 Å². The van der Waals surface area contributed by atoms with Gasteiger partial charge in [0.2, 0.25) is 0 Å². The molecule has 2 bridgehead atoms. The number of carbonyl (C=O) groups excluding carboxylic acids is 1. The van der Waals surface area contributed by atoms with Gasteiger partial charge < -0.3 is 15.2 Å². The van der Waals surface area contributed by atoms with Gasteiger partial charge in [-0.15, -0.1) is 10.2 Å². The number of benzene rings is 1. The van der Waals surface area contributed by atoms with E-state index in [1.165, 1.54) is 12.1 Å². The molecule has 6 rings (SSSR count). The van der Waals surface area contributed by atoms with Crippen molar-refractivity contribution in [3.05, 3.63) is 65.7 Å². The third-order valence-corrected chi connectivity index (χ3v) is 8.00. The number of fused-ring (bicyclic) bond motifs is 3. The molecule has 1 aromatic carbocycles. The zero-order valence-corrected chi connectivity index (χ0v) is 20.1. The van der Waals surface area contributed by atoms with E-state index in [-0.39, 0.29) is 28.2 Å². The van der Waals surface area contributed by atoms with Crippen LogP contribution in [-0.2, 0) is 25.2 Å². The van der Waals surface area contributed by atoms with Crippen LogP contribution >= 0.6 is 0 Å². The molecule has 0 aliphatic heterocycles. The van der Waals surface area contributed by atoms with Gasteiger partial charge in [0.1, 0.15) is 5.82 Å². The zero-order chi connectivity index (χ0) is 25.4. The zero-order valence-electron chi connectivity index (χ0n) is 20.1. The van der Waals surface area contributed by atoms with Crippen LogP contribution in [-0.4, -0.2) is 32.3 Å². The summed E-state index contributed by atoms with van der Waals surface area (Å²) < 4.78 is 42.5. The second-order valence-corrected chi connectivity index (χ2v) is 10.1. The van der Waals surface area contributed by atoms with E-state index in [1.807, 2.05) is 18.2 Å². The number of rotatable bonds is 6. The van der Waals surface area contributed by atoms with Gasteiger partial charge in [-0.1, -0.05) is 24.3 Å². The summed E-state index contributed by atoms with van der Waals surface area (Å²) in [5.41, 5.74) is -0.0236. The predicted octanol–water partition coefficient (Wildman–Crippen LogP) is 4.99. The number of halogens is 3. The van der Waals surface area contributed by atoms with Crippen LogP contribution in [0, 0.1) is 5.41 Å². The van der Waals surface area contributed by atoms with Crippen LogP contribution in [0.3, 0.4) is 0 Å². The molecule has 0 atom stereocenters. The molecule has 2 aromatic heterocycles. The molecule has 0 saturated heterocycles. The quantitative estimate of drug-likeness (QED) is 0.502. The van der Waals surface area contributed by atoms with Gasteiger partial charge >= 0.3 is 12.2 Å². The first kappa shape index (κ1) is 24.3. The van der Waals surface area contributed by atoms with Gasteiger partial charge in [0.25, 0.3) is 0 Å². The van der Waals surface area contributed by atoms with Gasteiger partial charge in [0, 0.05) is 30.8 Å². The third kappa shape index (κ3) is 4.56. The van der Waals surface area contributed by atoms with Crippen molar-refractivity contribution in [1.29, 1.82) is 0 Å². The Labute approximate surface area is 207 Å². The highest BCUT2D eigenvalue weighted by Crippen LogP contribution is 2.57. The van der Waals surface area contributed by atoms with Crippen LogP contribution in [0.1, 0.15) is 55.6 Å². The molecule has 2 amide bonds. The number of pyridine rings is 1. The minimum Gasteiger partial charge on any atom is -0.338 e. The maximum Gasteiger partial charge on any atom is 0.417 e. The van der Waals surface area contributed by atoms with Crippen LogP contribution in [0.4, 0.5) is 18.0 Å². The maximum atomic E-state index is 13.6. The van der Waals surface area contributed by atoms with Crippen molar-refractivity contribution >= 4 is 6.03 Å². The number of nitrogens with zero attached hydrogens (tertiary/aromatic N) is 4. The number of nitrogens with one attached hydrogen (secondary N) is 2.